The second-order valence-electron chi connectivity index (χ2n) is 6.84. The fraction of sp³-hybridized carbons (Fsp3) is 0.474. The van der Waals surface area contributed by atoms with Crippen LogP contribution >= 0.6 is 0 Å². The van der Waals surface area contributed by atoms with Gasteiger partial charge in [-0.25, -0.2) is 4.98 Å². The van der Waals surface area contributed by atoms with E-state index in [1.54, 1.807) is 0 Å². The molecule has 0 aliphatic rings. The molecule has 1 atom stereocenters. The van der Waals surface area contributed by atoms with Gasteiger partial charge in [0.1, 0.15) is 6.07 Å². The lowest BCUT2D eigenvalue weighted by Gasteiger charge is -2.25. The van der Waals surface area contributed by atoms with Crippen LogP contribution in [0, 0.1) is 11.3 Å². The van der Waals surface area contributed by atoms with E-state index in [0.717, 1.165) is 5.69 Å². The van der Waals surface area contributed by atoms with Gasteiger partial charge in [0.15, 0.2) is 0 Å². The minimum absolute atomic E-state index is 0.144. The molecule has 25 heavy (non-hydrogen) atoms. The van der Waals surface area contributed by atoms with E-state index in [0.29, 0.717) is 24.0 Å². The van der Waals surface area contributed by atoms with Crippen LogP contribution in [0.3, 0.4) is 0 Å². The second kappa shape index (κ2) is 8.04. The number of anilines is 2. The smallest absolute Gasteiger partial charge is 0.232 e. The number of rotatable bonds is 7. The summed E-state index contributed by atoms with van der Waals surface area (Å²) in [6.45, 7) is 4.60. The summed E-state index contributed by atoms with van der Waals surface area (Å²) in [4.78, 5) is 8.46. The Morgan fingerprint density at radius 3 is 2.28 bits per heavy atom. The summed E-state index contributed by atoms with van der Waals surface area (Å²) in [5.41, 5.74) is 2.67. The third-order valence-corrected chi connectivity index (χ3v) is 4.12. The van der Waals surface area contributed by atoms with Crippen LogP contribution in [-0.2, 0) is 0 Å². The number of hydrogen-bond acceptors (Lipinski definition) is 6. The third kappa shape index (κ3) is 4.52. The van der Waals surface area contributed by atoms with Gasteiger partial charge < -0.3 is 19.5 Å². The summed E-state index contributed by atoms with van der Waals surface area (Å²) in [7, 11) is 8.13. The van der Waals surface area contributed by atoms with Crippen LogP contribution in [0.1, 0.15) is 43.0 Å². The third-order valence-electron chi connectivity index (χ3n) is 4.12. The summed E-state index contributed by atoms with van der Waals surface area (Å²) in [6, 6.07) is 10.7. The zero-order valence-electron chi connectivity index (χ0n) is 15.9. The lowest BCUT2D eigenvalue weighted by molar-refractivity contribution is 0.310. The van der Waals surface area contributed by atoms with Crippen molar-refractivity contribution in [1.82, 2.24) is 9.88 Å². The van der Waals surface area contributed by atoms with Gasteiger partial charge in [0, 0.05) is 32.2 Å². The Kier molecular flexibility index (Phi) is 6.05. The average Bonchev–Trinajstić information content (AvgIpc) is 2.98. The highest BCUT2D eigenvalue weighted by Crippen LogP contribution is 2.25. The Morgan fingerprint density at radius 2 is 1.80 bits per heavy atom. The van der Waals surface area contributed by atoms with Crippen molar-refractivity contribution >= 4 is 11.6 Å². The number of hydrogen-bond donors (Lipinski definition) is 1. The van der Waals surface area contributed by atoms with E-state index in [4.69, 9.17) is 4.42 Å². The standard InChI is InChI=1S/C19H27N5O/c1-13(2)18-22-16(11-20)19(25-18)21-12-17(24(5)6)14-7-9-15(10-8-14)23(3)4/h7-10,13,17,21H,12H2,1-6H3/t17-/m0/s1. The second-order valence-corrected chi connectivity index (χ2v) is 6.84. The van der Waals surface area contributed by atoms with Crippen molar-refractivity contribution in [3.8, 4) is 6.07 Å². The molecule has 0 radical (unpaired) electrons. The molecule has 6 heteroatoms. The van der Waals surface area contributed by atoms with E-state index in [-0.39, 0.29) is 12.0 Å². The van der Waals surface area contributed by atoms with Gasteiger partial charge in [0.05, 0.1) is 6.04 Å². The molecule has 0 saturated carbocycles. The molecule has 0 aliphatic heterocycles. The maximum atomic E-state index is 9.26. The molecule has 6 nitrogen and oxygen atoms in total. The number of nitriles is 1. The minimum atomic E-state index is 0.144. The van der Waals surface area contributed by atoms with E-state index in [1.807, 2.05) is 42.0 Å². The molecule has 134 valence electrons. The molecule has 0 amide bonds. The van der Waals surface area contributed by atoms with Crippen molar-refractivity contribution in [3.63, 3.8) is 0 Å². The first-order chi connectivity index (χ1) is 11.8. The fourth-order valence-electron chi connectivity index (χ4n) is 2.56. The number of benzene rings is 1. The Bertz CT molecular complexity index is 725. The lowest BCUT2D eigenvalue weighted by atomic mass is 10.1. The Hall–Kier alpha value is -2.52. The molecule has 1 aromatic carbocycles. The number of nitrogens with one attached hydrogen (secondary N) is 1. The molecule has 0 saturated heterocycles. The summed E-state index contributed by atoms with van der Waals surface area (Å²) in [5.74, 6) is 1.17. The number of nitrogens with zero attached hydrogens (tertiary/aromatic N) is 4. The fourth-order valence-corrected chi connectivity index (χ4v) is 2.56. The molecule has 0 fully saturated rings. The zero-order valence-corrected chi connectivity index (χ0v) is 15.9. The number of likely N-dealkylation sites (N-methyl/N-ethyl adjacent to an activating group) is 1. The van der Waals surface area contributed by atoms with E-state index < -0.39 is 0 Å². The first-order valence-electron chi connectivity index (χ1n) is 8.41. The topological polar surface area (TPSA) is 68.3 Å². The molecule has 0 bridgehead atoms. The van der Waals surface area contributed by atoms with Gasteiger partial charge in [-0.3, -0.25) is 0 Å². The van der Waals surface area contributed by atoms with Crippen molar-refractivity contribution < 1.29 is 4.42 Å². The van der Waals surface area contributed by atoms with Crippen molar-refractivity contribution in [2.45, 2.75) is 25.8 Å². The normalized spacial score (nSPS) is 12.3. The molecule has 1 heterocycles. The highest BCUT2D eigenvalue weighted by atomic mass is 16.4. The van der Waals surface area contributed by atoms with Gasteiger partial charge in [-0.1, -0.05) is 26.0 Å². The Morgan fingerprint density at radius 1 is 1.16 bits per heavy atom. The Balaban J connectivity index is 2.16. The quantitative estimate of drug-likeness (QED) is 0.832. The molecule has 0 spiro atoms. The summed E-state index contributed by atoms with van der Waals surface area (Å²) >= 11 is 0. The molecule has 1 N–H and O–H groups in total. The van der Waals surface area contributed by atoms with Crippen LogP contribution in [0.25, 0.3) is 0 Å². The predicted molar refractivity (Wildman–Crippen MR) is 101 cm³/mol. The zero-order chi connectivity index (χ0) is 18.6. The van der Waals surface area contributed by atoms with Gasteiger partial charge in [-0.2, -0.15) is 5.26 Å². The Labute approximate surface area is 150 Å². The molecule has 0 aliphatic carbocycles. The van der Waals surface area contributed by atoms with Gasteiger partial charge in [0.2, 0.25) is 17.5 Å². The van der Waals surface area contributed by atoms with E-state index in [9.17, 15) is 5.26 Å². The summed E-state index contributed by atoms with van der Waals surface area (Å²) in [5, 5.41) is 12.5. The minimum Gasteiger partial charge on any atom is -0.424 e. The van der Waals surface area contributed by atoms with Crippen LogP contribution < -0.4 is 10.2 Å². The largest absolute Gasteiger partial charge is 0.424 e. The first-order valence-corrected chi connectivity index (χ1v) is 8.41. The van der Waals surface area contributed by atoms with Crippen LogP contribution in [0.4, 0.5) is 11.6 Å². The summed E-state index contributed by atoms with van der Waals surface area (Å²) in [6.07, 6.45) is 0. The monoisotopic (exact) mass is 341 g/mol. The number of oxazole rings is 1. The van der Waals surface area contributed by atoms with E-state index in [1.165, 1.54) is 5.56 Å². The molecular formula is C19H27N5O. The predicted octanol–water partition coefficient (Wildman–Crippen LogP) is 3.45. The molecule has 2 rings (SSSR count). The van der Waals surface area contributed by atoms with Crippen molar-refractivity contribution in [2.24, 2.45) is 0 Å². The first kappa shape index (κ1) is 18.8. The highest BCUT2D eigenvalue weighted by Gasteiger charge is 2.19. The maximum absolute atomic E-state index is 9.26. The van der Waals surface area contributed by atoms with Crippen molar-refractivity contribution in [3.05, 3.63) is 41.4 Å². The van der Waals surface area contributed by atoms with E-state index >= 15 is 0 Å². The van der Waals surface area contributed by atoms with Crippen LogP contribution in [0.2, 0.25) is 0 Å². The van der Waals surface area contributed by atoms with Gasteiger partial charge in [-0.15, -0.1) is 0 Å². The molecular weight excluding hydrogens is 314 g/mol. The molecule has 0 unspecified atom stereocenters. The van der Waals surface area contributed by atoms with Gasteiger partial charge >= 0.3 is 0 Å². The summed E-state index contributed by atoms with van der Waals surface area (Å²) < 4.78 is 5.71. The maximum Gasteiger partial charge on any atom is 0.232 e. The lowest BCUT2D eigenvalue weighted by Crippen LogP contribution is -2.27. The van der Waals surface area contributed by atoms with Gasteiger partial charge in [-0.05, 0) is 31.8 Å². The van der Waals surface area contributed by atoms with E-state index in [2.05, 4.69) is 50.4 Å². The average molecular weight is 341 g/mol. The highest BCUT2D eigenvalue weighted by molar-refractivity contribution is 5.48. The van der Waals surface area contributed by atoms with Crippen molar-refractivity contribution in [2.75, 3.05) is 45.0 Å². The van der Waals surface area contributed by atoms with Crippen LogP contribution in [0.15, 0.2) is 28.7 Å². The van der Waals surface area contributed by atoms with Crippen LogP contribution in [-0.4, -0.2) is 44.6 Å². The molecule has 2 aromatic rings. The number of aromatic nitrogens is 1. The SMILES string of the molecule is CC(C)c1nc(C#N)c(NC[C@@H](c2ccc(N(C)C)cc2)N(C)C)o1. The van der Waals surface area contributed by atoms with Gasteiger partial charge in [0.25, 0.3) is 0 Å². The van der Waals surface area contributed by atoms with Crippen molar-refractivity contribution in [1.29, 1.82) is 5.26 Å². The van der Waals surface area contributed by atoms with Crippen LogP contribution in [0.5, 0.6) is 0 Å². The molecule has 1 aromatic heterocycles.